The van der Waals surface area contributed by atoms with Gasteiger partial charge in [0, 0.05) is 0 Å². The molecule has 1 aliphatic carbocycles. The van der Waals surface area contributed by atoms with Crippen LogP contribution in [0, 0.1) is 5.92 Å². The van der Waals surface area contributed by atoms with Gasteiger partial charge < -0.3 is 9.52 Å². The van der Waals surface area contributed by atoms with Gasteiger partial charge in [-0.3, -0.25) is 4.90 Å². The lowest BCUT2D eigenvalue weighted by Gasteiger charge is -2.36. The highest BCUT2D eigenvalue weighted by Crippen LogP contribution is 2.37. The molecule has 0 saturated carbocycles. The van der Waals surface area contributed by atoms with E-state index in [1.165, 1.54) is 6.26 Å². The zero-order chi connectivity index (χ0) is 13.9. The van der Waals surface area contributed by atoms with Crippen molar-refractivity contribution in [1.29, 1.82) is 0 Å². The minimum atomic E-state index is -1.09. The first-order valence-electron chi connectivity index (χ1n) is 6.69. The van der Waals surface area contributed by atoms with Gasteiger partial charge >= 0.3 is 5.97 Å². The fourth-order valence-electron chi connectivity index (χ4n) is 2.83. The monoisotopic (exact) mass is 263 g/mol. The van der Waals surface area contributed by atoms with Gasteiger partial charge in [0.25, 0.3) is 0 Å². The fourth-order valence-corrected chi connectivity index (χ4v) is 2.83. The van der Waals surface area contributed by atoms with Gasteiger partial charge in [0.05, 0.1) is 6.26 Å². The van der Waals surface area contributed by atoms with E-state index in [-0.39, 0.29) is 5.92 Å². The van der Waals surface area contributed by atoms with E-state index in [0.717, 1.165) is 19.3 Å². The maximum Gasteiger partial charge on any atom is 0.332 e. The number of rotatable bonds is 5. The summed E-state index contributed by atoms with van der Waals surface area (Å²) in [5.74, 6) is -0.0623. The Labute approximate surface area is 113 Å². The number of aliphatic carboxylic acids is 1. The SMILES string of the molecule is CN(C)[C@](CC1C=CCCC1)(C(=O)O)c1ccco1. The largest absolute Gasteiger partial charge is 0.480 e. The quantitative estimate of drug-likeness (QED) is 0.830. The van der Waals surface area contributed by atoms with Crippen molar-refractivity contribution in [3.63, 3.8) is 0 Å². The molecular formula is C15H21NO3. The summed E-state index contributed by atoms with van der Waals surface area (Å²) in [6, 6.07) is 3.49. The van der Waals surface area contributed by atoms with Crippen LogP contribution in [0.1, 0.15) is 31.4 Å². The molecule has 1 N–H and O–H groups in total. The first kappa shape index (κ1) is 13.9. The van der Waals surface area contributed by atoms with Crippen LogP contribution in [0.4, 0.5) is 0 Å². The Kier molecular flexibility index (Phi) is 4.10. The molecule has 104 valence electrons. The normalized spacial score (nSPS) is 22.4. The molecule has 0 spiro atoms. The number of furan rings is 1. The van der Waals surface area contributed by atoms with E-state index in [1.807, 2.05) is 0 Å². The molecule has 1 aromatic heterocycles. The predicted octanol–water partition coefficient (Wildman–Crippen LogP) is 2.87. The number of carboxylic acids is 1. The van der Waals surface area contributed by atoms with E-state index in [2.05, 4.69) is 12.2 Å². The van der Waals surface area contributed by atoms with Crippen molar-refractivity contribution in [3.8, 4) is 0 Å². The Bertz CT molecular complexity index is 450. The Morgan fingerprint density at radius 3 is 2.84 bits per heavy atom. The van der Waals surface area contributed by atoms with Gasteiger partial charge in [0.2, 0.25) is 0 Å². The average molecular weight is 263 g/mol. The van der Waals surface area contributed by atoms with Crippen molar-refractivity contribution in [2.75, 3.05) is 14.1 Å². The molecule has 0 radical (unpaired) electrons. The first-order chi connectivity index (χ1) is 9.07. The molecule has 0 aliphatic heterocycles. The van der Waals surface area contributed by atoms with Crippen LogP contribution < -0.4 is 0 Å². The van der Waals surface area contributed by atoms with Gasteiger partial charge in [0.15, 0.2) is 5.54 Å². The van der Waals surface area contributed by atoms with Crippen molar-refractivity contribution in [2.45, 2.75) is 31.2 Å². The van der Waals surface area contributed by atoms with Crippen molar-refractivity contribution in [2.24, 2.45) is 5.92 Å². The maximum absolute atomic E-state index is 11.9. The molecule has 0 fully saturated rings. The lowest BCUT2D eigenvalue weighted by atomic mass is 9.80. The second kappa shape index (κ2) is 5.61. The Morgan fingerprint density at radius 1 is 1.58 bits per heavy atom. The topological polar surface area (TPSA) is 53.7 Å². The molecule has 1 unspecified atom stereocenters. The molecule has 0 aromatic carbocycles. The van der Waals surface area contributed by atoms with E-state index in [9.17, 15) is 9.90 Å². The summed E-state index contributed by atoms with van der Waals surface area (Å²) in [6.45, 7) is 0. The lowest BCUT2D eigenvalue weighted by Crippen LogP contribution is -2.49. The van der Waals surface area contributed by atoms with Crippen LogP contribution in [0.5, 0.6) is 0 Å². The molecule has 19 heavy (non-hydrogen) atoms. The van der Waals surface area contributed by atoms with Crippen LogP contribution in [0.15, 0.2) is 35.0 Å². The van der Waals surface area contributed by atoms with Crippen LogP contribution in [-0.4, -0.2) is 30.1 Å². The van der Waals surface area contributed by atoms with E-state index < -0.39 is 11.5 Å². The van der Waals surface area contributed by atoms with Crippen LogP contribution in [0.2, 0.25) is 0 Å². The predicted molar refractivity (Wildman–Crippen MR) is 72.8 cm³/mol. The molecule has 0 amide bonds. The van der Waals surface area contributed by atoms with Crippen molar-refractivity contribution >= 4 is 5.97 Å². The molecule has 0 bridgehead atoms. The van der Waals surface area contributed by atoms with Gasteiger partial charge in [-0.15, -0.1) is 0 Å². The summed E-state index contributed by atoms with van der Waals surface area (Å²) in [5, 5.41) is 9.77. The molecule has 1 heterocycles. The molecule has 1 aromatic rings. The van der Waals surface area contributed by atoms with Crippen LogP contribution in [0.25, 0.3) is 0 Å². The second-order valence-corrected chi connectivity index (χ2v) is 5.36. The number of hydrogen-bond acceptors (Lipinski definition) is 3. The van der Waals surface area contributed by atoms with Gasteiger partial charge in [-0.05, 0) is 57.8 Å². The highest BCUT2D eigenvalue weighted by Gasteiger charge is 2.46. The summed E-state index contributed by atoms with van der Waals surface area (Å²) in [5.41, 5.74) is -1.09. The number of hydrogen-bond donors (Lipinski definition) is 1. The van der Waals surface area contributed by atoms with Gasteiger partial charge in [-0.2, -0.15) is 0 Å². The summed E-state index contributed by atoms with van der Waals surface area (Å²) in [4.78, 5) is 13.7. The average Bonchev–Trinajstić information content (AvgIpc) is 2.90. The highest BCUT2D eigenvalue weighted by molar-refractivity contribution is 5.79. The molecule has 4 nitrogen and oxygen atoms in total. The number of nitrogens with zero attached hydrogens (tertiary/aromatic N) is 1. The maximum atomic E-state index is 11.9. The van der Waals surface area contributed by atoms with Crippen LogP contribution >= 0.6 is 0 Å². The number of allylic oxidation sites excluding steroid dienone is 2. The van der Waals surface area contributed by atoms with Crippen molar-refractivity contribution < 1.29 is 14.3 Å². The van der Waals surface area contributed by atoms with Crippen LogP contribution in [-0.2, 0) is 10.3 Å². The summed E-state index contributed by atoms with van der Waals surface area (Å²) < 4.78 is 5.42. The minimum Gasteiger partial charge on any atom is -0.480 e. The zero-order valence-corrected chi connectivity index (χ0v) is 11.5. The van der Waals surface area contributed by atoms with Gasteiger partial charge in [-0.25, -0.2) is 4.79 Å². The second-order valence-electron chi connectivity index (χ2n) is 5.36. The third-order valence-electron chi connectivity index (χ3n) is 3.96. The van der Waals surface area contributed by atoms with Crippen molar-refractivity contribution in [1.82, 2.24) is 4.90 Å². The lowest BCUT2D eigenvalue weighted by molar-refractivity contribution is -0.153. The molecule has 1 aliphatic rings. The minimum absolute atomic E-state index is 0.289. The number of likely N-dealkylation sites (N-methyl/N-ethyl adjacent to an activating group) is 1. The number of carbonyl (C=O) groups is 1. The third-order valence-corrected chi connectivity index (χ3v) is 3.96. The third kappa shape index (κ3) is 2.59. The Balaban J connectivity index is 2.35. The zero-order valence-electron chi connectivity index (χ0n) is 11.5. The Morgan fingerprint density at radius 2 is 2.37 bits per heavy atom. The highest BCUT2D eigenvalue weighted by atomic mass is 16.4. The van der Waals surface area contributed by atoms with E-state index in [0.29, 0.717) is 12.2 Å². The summed E-state index contributed by atoms with van der Waals surface area (Å²) >= 11 is 0. The number of carboxylic acid groups (broad SMARTS) is 1. The Hall–Kier alpha value is -1.55. The molecule has 0 saturated heterocycles. The molecule has 4 heteroatoms. The first-order valence-corrected chi connectivity index (χ1v) is 6.69. The molecular weight excluding hydrogens is 242 g/mol. The van der Waals surface area contributed by atoms with Crippen LogP contribution in [0.3, 0.4) is 0 Å². The van der Waals surface area contributed by atoms with E-state index in [4.69, 9.17) is 4.42 Å². The summed E-state index contributed by atoms with van der Waals surface area (Å²) in [6.07, 6.45) is 9.64. The van der Waals surface area contributed by atoms with Gasteiger partial charge in [0.1, 0.15) is 5.76 Å². The molecule has 2 atom stereocenters. The van der Waals surface area contributed by atoms with E-state index >= 15 is 0 Å². The van der Waals surface area contributed by atoms with Crippen molar-refractivity contribution in [3.05, 3.63) is 36.3 Å². The van der Waals surface area contributed by atoms with Gasteiger partial charge in [-0.1, -0.05) is 12.2 Å². The van der Waals surface area contributed by atoms with E-state index in [1.54, 1.807) is 31.1 Å². The smallest absolute Gasteiger partial charge is 0.332 e. The fraction of sp³-hybridized carbons (Fsp3) is 0.533. The molecule has 2 rings (SSSR count). The standard InChI is InChI=1S/C15H21NO3/c1-16(2)15(14(17)18,13-9-6-10-19-13)11-12-7-4-3-5-8-12/h4,6-7,9-10,12H,3,5,8,11H2,1-2H3,(H,17,18)/t12?,15-/m0/s1. The summed E-state index contributed by atoms with van der Waals surface area (Å²) in [7, 11) is 3.59.